The van der Waals surface area contributed by atoms with Crippen molar-refractivity contribution in [3.63, 3.8) is 0 Å². The Morgan fingerprint density at radius 3 is 2.14 bits per heavy atom. The molecule has 206 valence electrons. The molecule has 0 aliphatic carbocycles. The number of nitrogens with one attached hydrogen (secondary N) is 1. The van der Waals surface area contributed by atoms with Crippen LogP contribution in [0.5, 0.6) is 0 Å². The molecular weight excluding hydrogens is 571 g/mol. The third-order valence-corrected chi connectivity index (χ3v) is 22.8. The molecule has 0 amide bonds. The van der Waals surface area contributed by atoms with Crippen molar-refractivity contribution in [2.45, 2.75) is 117 Å². The minimum atomic E-state index is -3.21. The van der Waals surface area contributed by atoms with Crippen LogP contribution in [-0.2, 0) is 23.7 Å². The third-order valence-electron chi connectivity index (χ3n) is 7.41. The zero-order valence-corrected chi connectivity index (χ0v) is 25.8. The van der Waals surface area contributed by atoms with Crippen LogP contribution in [0.15, 0.2) is 15.7 Å². The van der Waals surface area contributed by atoms with E-state index in [0.717, 1.165) is 55.5 Å². The van der Waals surface area contributed by atoms with Crippen LogP contribution in [0.2, 0.25) is 13.3 Å². The van der Waals surface area contributed by atoms with Gasteiger partial charge in [-0.2, -0.15) is 0 Å². The van der Waals surface area contributed by atoms with Gasteiger partial charge in [0.05, 0.1) is 0 Å². The van der Waals surface area contributed by atoms with E-state index in [-0.39, 0.29) is 25.1 Å². The van der Waals surface area contributed by atoms with E-state index in [1.807, 2.05) is 13.8 Å². The summed E-state index contributed by atoms with van der Waals surface area (Å²) in [7, 11) is 1.57. The van der Waals surface area contributed by atoms with Crippen LogP contribution in [-0.4, -0.2) is 72.5 Å². The second kappa shape index (κ2) is 13.4. The van der Waals surface area contributed by atoms with Crippen molar-refractivity contribution < 1.29 is 23.7 Å². The number of hydrogen-bond donors (Lipinski definition) is 1. The first-order chi connectivity index (χ1) is 17.2. The fourth-order valence-electron chi connectivity index (χ4n) is 5.72. The van der Waals surface area contributed by atoms with Crippen molar-refractivity contribution in [1.29, 1.82) is 0 Å². The van der Waals surface area contributed by atoms with Crippen LogP contribution in [0.3, 0.4) is 0 Å². The van der Waals surface area contributed by atoms with Crippen molar-refractivity contribution in [3.8, 4) is 0 Å². The van der Waals surface area contributed by atoms with Crippen molar-refractivity contribution in [1.82, 2.24) is 9.55 Å². The summed E-state index contributed by atoms with van der Waals surface area (Å²) in [4.78, 5) is 28.8. The molecule has 2 fully saturated rings. The van der Waals surface area contributed by atoms with Gasteiger partial charge in [0.25, 0.3) is 0 Å². The molecule has 1 aromatic heterocycles. The van der Waals surface area contributed by atoms with Crippen molar-refractivity contribution in [2.75, 3.05) is 20.5 Å². The number of hydrogen-bond acceptors (Lipinski definition) is 7. The first-order valence-corrected chi connectivity index (χ1v) is 21.1. The van der Waals surface area contributed by atoms with Gasteiger partial charge in [-0.15, -0.1) is 0 Å². The van der Waals surface area contributed by atoms with Crippen LogP contribution in [0, 0.1) is 0 Å². The maximum atomic E-state index is 13.5. The van der Waals surface area contributed by atoms with E-state index in [2.05, 4.69) is 25.8 Å². The monoisotopic (exact) mass is 618 g/mol. The SMILES string of the molecule is CCC[CH2][Sn]([CH2]CCC)([CH2]CCC)[c]1cc(=O)[nH]c(=O)n1[C@@H]1O[C@H](COCOC)[C@H]2OC(C)(C)O[C@H]21. The molecular formula is C26H46N2O7Sn. The van der Waals surface area contributed by atoms with Crippen LogP contribution < -0.4 is 15.0 Å². The Morgan fingerprint density at radius 1 is 1.00 bits per heavy atom. The number of aromatic amines is 1. The number of unbranched alkanes of at least 4 members (excludes halogenated alkanes) is 3. The summed E-state index contributed by atoms with van der Waals surface area (Å²) in [5.41, 5.74) is -0.742. The predicted octanol–water partition coefficient (Wildman–Crippen LogP) is 3.63. The van der Waals surface area contributed by atoms with E-state index in [4.69, 9.17) is 23.7 Å². The average molecular weight is 617 g/mol. The molecule has 2 aliphatic rings. The summed E-state index contributed by atoms with van der Waals surface area (Å²) in [5.74, 6) is -0.810. The van der Waals surface area contributed by atoms with Gasteiger partial charge in [0.15, 0.2) is 0 Å². The Labute approximate surface area is 219 Å². The molecule has 2 saturated heterocycles. The molecule has 0 saturated carbocycles. The molecule has 0 spiro atoms. The van der Waals surface area contributed by atoms with Gasteiger partial charge < -0.3 is 0 Å². The van der Waals surface area contributed by atoms with Gasteiger partial charge in [0.1, 0.15) is 0 Å². The van der Waals surface area contributed by atoms with Gasteiger partial charge in [-0.25, -0.2) is 0 Å². The number of ether oxygens (including phenoxy) is 5. The molecule has 10 heteroatoms. The number of fused-ring (bicyclic) bond motifs is 1. The molecule has 36 heavy (non-hydrogen) atoms. The van der Waals surface area contributed by atoms with Gasteiger partial charge in [-0.1, -0.05) is 0 Å². The molecule has 1 N–H and O–H groups in total. The summed E-state index contributed by atoms with van der Waals surface area (Å²) >= 11 is -3.21. The third kappa shape index (κ3) is 6.82. The molecule has 3 rings (SSSR count). The molecule has 2 aliphatic heterocycles. The zero-order chi connectivity index (χ0) is 26.3. The molecule has 0 radical (unpaired) electrons. The van der Waals surface area contributed by atoms with Crippen LogP contribution in [0.1, 0.15) is 79.4 Å². The molecule has 0 aromatic carbocycles. The fourth-order valence-corrected chi connectivity index (χ4v) is 22.2. The first-order valence-electron chi connectivity index (χ1n) is 13.7. The number of methoxy groups -OCH3 is 1. The molecule has 4 atom stereocenters. The van der Waals surface area contributed by atoms with Gasteiger partial charge >= 0.3 is 220 Å². The summed E-state index contributed by atoms with van der Waals surface area (Å²) < 4.78 is 35.7. The van der Waals surface area contributed by atoms with E-state index in [1.54, 1.807) is 17.7 Å². The normalized spacial score (nSPS) is 25.4. The van der Waals surface area contributed by atoms with E-state index in [9.17, 15) is 9.59 Å². The predicted molar refractivity (Wildman–Crippen MR) is 141 cm³/mol. The summed E-state index contributed by atoms with van der Waals surface area (Å²) in [5, 5.41) is 0. The second-order valence-electron chi connectivity index (χ2n) is 10.7. The van der Waals surface area contributed by atoms with Gasteiger partial charge in [-0.05, 0) is 0 Å². The quantitative estimate of drug-likeness (QED) is 0.182. The number of nitrogens with zero attached hydrogens (tertiary/aromatic N) is 1. The standard InChI is InChI=1S/C14H19N2O7.3C4H9.Sn/c1-14(2)22-10-8(6-20-7-19-3)21-12(11(10)23-14)16-5-4-9(17)15-13(16)18;3*1-3-4-2;/h4,8,10-12H,6-7H2,1-3H3,(H,15,17,18);3*1,3-4H2,2H3;/t8-,10-,11-,12-;;;;/m1..../s1. The first kappa shape index (κ1) is 29.8. The van der Waals surface area contributed by atoms with E-state index in [1.165, 1.54) is 0 Å². The van der Waals surface area contributed by atoms with Crippen LogP contribution in [0.4, 0.5) is 0 Å². The van der Waals surface area contributed by atoms with Gasteiger partial charge in [-0.3, -0.25) is 0 Å². The van der Waals surface area contributed by atoms with Crippen molar-refractivity contribution in [3.05, 3.63) is 26.9 Å². The van der Waals surface area contributed by atoms with Crippen LogP contribution >= 0.6 is 0 Å². The molecule has 9 nitrogen and oxygen atoms in total. The second-order valence-corrected chi connectivity index (χ2v) is 23.7. The molecule has 0 bridgehead atoms. The molecule has 3 heterocycles. The Hall–Kier alpha value is -0.721. The van der Waals surface area contributed by atoms with Crippen molar-refractivity contribution in [2.24, 2.45) is 0 Å². The fraction of sp³-hybridized carbons (Fsp3) is 0.846. The summed E-state index contributed by atoms with van der Waals surface area (Å²) in [6.07, 6.45) is 4.65. The average Bonchev–Trinajstić information content (AvgIpc) is 3.32. The number of rotatable bonds is 15. The van der Waals surface area contributed by atoms with Crippen molar-refractivity contribution >= 4 is 22.1 Å². The molecule has 1 aromatic rings. The van der Waals surface area contributed by atoms with Crippen LogP contribution in [0.25, 0.3) is 0 Å². The Balaban J connectivity index is 2.12. The van der Waals surface area contributed by atoms with Gasteiger partial charge in [0, 0.05) is 0 Å². The zero-order valence-electron chi connectivity index (χ0n) is 23.0. The number of H-pyrrole nitrogens is 1. The Morgan fingerprint density at radius 2 is 1.58 bits per heavy atom. The Kier molecular flexibility index (Phi) is 11.1. The maximum absolute atomic E-state index is 13.5. The topological polar surface area (TPSA) is 101 Å². The Bertz CT molecular complexity index is 925. The van der Waals surface area contributed by atoms with E-state index < -0.39 is 48.3 Å². The summed E-state index contributed by atoms with van der Waals surface area (Å²) in [6, 6.07) is 1.71. The molecule has 0 unspecified atom stereocenters. The van der Waals surface area contributed by atoms with E-state index in [0.29, 0.717) is 0 Å². The summed E-state index contributed by atoms with van der Waals surface area (Å²) in [6.45, 7) is 10.8. The van der Waals surface area contributed by atoms with E-state index >= 15 is 0 Å². The van der Waals surface area contributed by atoms with Gasteiger partial charge in [0.2, 0.25) is 0 Å². The minimum absolute atomic E-state index is 0.140. The number of aromatic nitrogens is 2.